The van der Waals surface area contributed by atoms with Gasteiger partial charge in [-0.05, 0) is 54.3 Å². The predicted molar refractivity (Wildman–Crippen MR) is 131 cm³/mol. The second-order valence-electron chi connectivity index (χ2n) is 9.46. The van der Waals surface area contributed by atoms with Crippen molar-refractivity contribution in [2.24, 2.45) is 0 Å². The van der Waals surface area contributed by atoms with Gasteiger partial charge >= 0.3 is 0 Å². The third-order valence-electron chi connectivity index (χ3n) is 7.43. The van der Waals surface area contributed by atoms with Gasteiger partial charge in [-0.1, -0.05) is 12.1 Å². The van der Waals surface area contributed by atoms with Crippen molar-refractivity contribution in [3.63, 3.8) is 0 Å². The molecule has 170 valence electrons. The summed E-state index contributed by atoms with van der Waals surface area (Å²) in [6.45, 7) is 3.37. The fourth-order valence-electron chi connectivity index (χ4n) is 5.40. The van der Waals surface area contributed by atoms with Gasteiger partial charge in [-0.3, -0.25) is 4.79 Å². The highest BCUT2D eigenvalue weighted by Crippen LogP contribution is 2.54. The summed E-state index contributed by atoms with van der Waals surface area (Å²) >= 11 is 0. The molecule has 0 unspecified atom stereocenters. The molecule has 1 saturated carbocycles. The van der Waals surface area contributed by atoms with Crippen LogP contribution in [0.25, 0.3) is 16.9 Å². The average Bonchev–Trinajstić information content (AvgIpc) is 3.46. The summed E-state index contributed by atoms with van der Waals surface area (Å²) in [5, 5.41) is 3.46. The van der Waals surface area contributed by atoms with Crippen LogP contribution in [0.4, 0.5) is 17.2 Å². The van der Waals surface area contributed by atoms with Crippen LogP contribution in [-0.2, 0) is 21.4 Å². The highest BCUT2D eigenvalue weighted by Gasteiger charge is 2.55. The number of morpholine rings is 1. The van der Waals surface area contributed by atoms with Crippen LogP contribution in [-0.4, -0.2) is 46.5 Å². The largest absolute Gasteiger partial charge is 0.378 e. The molecule has 4 aromatic rings. The molecule has 7 heteroatoms. The fourth-order valence-corrected chi connectivity index (χ4v) is 5.40. The van der Waals surface area contributed by atoms with Crippen molar-refractivity contribution in [3.05, 3.63) is 72.2 Å². The Kier molecular flexibility index (Phi) is 4.29. The smallest absolute Gasteiger partial charge is 0.180 e. The van der Waals surface area contributed by atoms with Crippen LogP contribution in [0, 0.1) is 0 Å². The van der Waals surface area contributed by atoms with E-state index in [1.54, 1.807) is 6.20 Å². The van der Waals surface area contributed by atoms with Crippen molar-refractivity contribution in [1.29, 1.82) is 0 Å². The van der Waals surface area contributed by atoms with E-state index in [2.05, 4.69) is 57.7 Å². The monoisotopic (exact) mass is 451 g/mol. The molecule has 0 bridgehead atoms. The van der Waals surface area contributed by atoms with E-state index in [-0.39, 0.29) is 5.41 Å². The summed E-state index contributed by atoms with van der Waals surface area (Å²) in [7, 11) is 0. The molecule has 1 N–H and O–H groups in total. The Morgan fingerprint density at radius 2 is 1.85 bits per heavy atom. The predicted octanol–water partition coefficient (Wildman–Crippen LogP) is 4.13. The standard InChI is InChI=1S/C27H25N5O2/c33-24-16-19-15-18(1-6-22(19)27(24)7-8-27)23-17-32-10-9-28-26(32)25(30-23)29-20-2-4-21(5-3-20)31-11-13-34-14-12-31/h1-6,9-10,15,17H,7-8,11-14,16H2,(H,29,30). The summed E-state index contributed by atoms with van der Waals surface area (Å²) in [4.78, 5) is 24.3. The van der Waals surface area contributed by atoms with Crippen molar-refractivity contribution < 1.29 is 9.53 Å². The Hall–Kier alpha value is -3.71. The number of fused-ring (bicyclic) bond motifs is 3. The molecule has 2 aromatic carbocycles. The molecule has 1 spiro atoms. The molecule has 2 aliphatic carbocycles. The van der Waals surface area contributed by atoms with Gasteiger partial charge in [0.25, 0.3) is 0 Å². The molecule has 0 amide bonds. The zero-order chi connectivity index (χ0) is 22.7. The number of ketones is 1. The second kappa shape index (κ2) is 7.40. The highest BCUT2D eigenvalue weighted by atomic mass is 16.5. The summed E-state index contributed by atoms with van der Waals surface area (Å²) in [6, 6.07) is 14.8. The second-order valence-corrected chi connectivity index (χ2v) is 9.46. The van der Waals surface area contributed by atoms with Crippen molar-refractivity contribution in [2.75, 3.05) is 36.5 Å². The van der Waals surface area contributed by atoms with E-state index in [1.165, 1.54) is 11.3 Å². The lowest BCUT2D eigenvalue weighted by atomic mass is 9.96. The molecule has 0 radical (unpaired) electrons. The summed E-state index contributed by atoms with van der Waals surface area (Å²) in [6.07, 6.45) is 8.25. The molecule has 0 atom stereocenters. The SMILES string of the molecule is O=C1Cc2cc(-c3cn4ccnc4c(Nc4ccc(N5CCOCC5)cc4)n3)ccc2C12CC2. The maximum atomic E-state index is 12.5. The molecule has 2 fully saturated rings. The van der Waals surface area contributed by atoms with Crippen molar-refractivity contribution in [1.82, 2.24) is 14.4 Å². The maximum Gasteiger partial charge on any atom is 0.180 e. The molecule has 7 nitrogen and oxygen atoms in total. The Balaban J connectivity index is 1.21. The van der Waals surface area contributed by atoms with E-state index in [1.807, 2.05) is 16.8 Å². The number of Topliss-reactive ketones (excluding diaryl/α,β-unsaturated/α-hetero) is 1. The summed E-state index contributed by atoms with van der Waals surface area (Å²) in [5.41, 5.74) is 7.01. The first-order chi connectivity index (χ1) is 16.7. The lowest BCUT2D eigenvalue weighted by molar-refractivity contribution is -0.119. The molecular formula is C27H25N5O2. The fraction of sp³-hybridized carbons (Fsp3) is 0.296. The van der Waals surface area contributed by atoms with Crippen LogP contribution < -0.4 is 10.2 Å². The third-order valence-corrected chi connectivity index (χ3v) is 7.43. The third kappa shape index (κ3) is 3.11. The van der Waals surface area contributed by atoms with E-state index in [0.29, 0.717) is 18.0 Å². The van der Waals surface area contributed by atoms with Crippen molar-refractivity contribution >= 4 is 28.6 Å². The molecular weight excluding hydrogens is 426 g/mol. The number of imidazole rings is 1. The summed E-state index contributed by atoms with van der Waals surface area (Å²) < 4.78 is 7.45. The molecule has 7 rings (SSSR count). The molecule has 1 aliphatic heterocycles. The Labute approximate surface area is 197 Å². The lowest BCUT2D eigenvalue weighted by Gasteiger charge is -2.28. The number of hydrogen-bond donors (Lipinski definition) is 1. The normalized spacial score (nSPS) is 18.5. The Morgan fingerprint density at radius 3 is 2.65 bits per heavy atom. The Morgan fingerprint density at radius 1 is 1.03 bits per heavy atom. The van der Waals surface area contributed by atoms with Crippen molar-refractivity contribution in [2.45, 2.75) is 24.7 Å². The highest BCUT2D eigenvalue weighted by molar-refractivity contribution is 5.99. The molecule has 1 saturated heterocycles. The lowest BCUT2D eigenvalue weighted by Crippen LogP contribution is -2.36. The van der Waals surface area contributed by atoms with Gasteiger partial charge in [-0.2, -0.15) is 0 Å². The van der Waals surface area contributed by atoms with Crippen LogP contribution in [0.3, 0.4) is 0 Å². The average molecular weight is 452 g/mol. The van der Waals surface area contributed by atoms with Gasteiger partial charge in [-0.15, -0.1) is 0 Å². The van der Waals surface area contributed by atoms with E-state index in [0.717, 1.165) is 67.3 Å². The van der Waals surface area contributed by atoms with Crippen LogP contribution in [0.1, 0.15) is 24.0 Å². The van der Waals surface area contributed by atoms with Gasteiger partial charge < -0.3 is 19.4 Å². The number of rotatable bonds is 4. The number of nitrogens with zero attached hydrogens (tertiary/aromatic N) is 4. The van der Waals surface area contributed by atoms with Gasteiger partial charge in [0.15, 0.2) is 11.5 Å². The number of benzene rings is 2. The Bertz CT molecular complexity index is 1410. The van der Waals surface area contributed by atoms with Crippen molar-refractivity contribution in [3.8, 4) is 11.3 Å². The van der Waals surface area contributed by atoms with Gasteiger partial charge in [0.2, 0.25) is 0 Å². The maximum absolute atomic E-state index is 12.5. The first kappa shape index (κ1) is 19.7. The van der Waals surface area contributed by atoms with Gasteiger partial charge in [0.1, 0.15) is 5.78 Å². The van der Waals surface area contributed by atoms with Crippen LogP contribution in [0.5, 0.6) is 0 Å². The number of hydrogen-bond acceptors (Lipinski definition) is 6. The summed E-state index contributed by atoms with van der Waals surface area (Å²) in [5.74, 6) is 1.08. The minimum absolute atomic E-state index is 0.171. The zero-order valence-corrected chi connectivity index (χ0v) is 18.8. The van der Waals surface area contributed by atoms with Crippen LogP contribution in [0.2, 0.25) is 0 Å². The quantitative estimate of drug-likeness (QED) is 0.503. The van der Waals surface area contributed by atoms with Crippen LogP contribution >= 0.6 is 0 Å². The number of anilines is 3. The van der Waals surface area contributed by atoms with E-state index < -0.39 is 0 Å². The van der Waals surface area contributed by atoms with E-state index in [9.17, 15) is 4.79 Å². The number of nitrogens with one attached hydrogen (secondary N) is 1. The number of carbonyl (C=O) groups is 1. The molecule has 3 aliphatic rings. The van der Waals surface area contributed by atoms with Gasteiger partial charge in [0, 0.05) is 55.0 Å². The van der Waals surface area contributed by atoms with Gasteiger partial charge in [-0.25, -0.2) is 9.97 Å². The minimum Gasteiger partial charge on any atom is -0.378 e. The molecule has 2 aromatic heterocycles. The van der Waals surface area contributed by atoms with E-state index in [4.69, 9.17) is 9.72 Å². The van der Waals surface area contributed by atoms with Gasteiger partial charge in [0.05, 0.1) is 24.3 Å². The first-order valence-electron chi connectivity index (χ1n) is 11.9. The first-order valence-corrected chi connectivity index (χ1v) is 11.9. The molecule has 3 heterocycles. The number of ether oxygens (including phenoxy) is 1. The minimum atomic E-state index is -0.171. The van der Waals surface area contributed by atoms with E-state index >= 15 is 0 Å². The number of aromatic nitrogens is 3. The topological polar surface area (TPSA) is 71.8 Å². The number of carbonyl (C=O) groups excluding carboxylic acids is 1. The molecule has 34 heavy (non-hydrogen) atoms. The van der Waals surface area contributed by atoms with Crippen LogP contribution in [0.15, 0.2) is 61.1 Å². The zero-order valence-electron chi connectivity index (χ0n) is 18.8.